The van der Waals surface area contributed by atoms with Crippen LogP contribution in [0.4, 0.5) is 11.4 Å². The first-order valence-corrected chi connectivity index (χ1v) is 13.7. The number of hydrogen-bond acceptors (Lipinski definition) is 7. The summed E-state index contributed by atoms with van der Waals surface area (Å²) < 4.78 is 5.47. The van der Waals surface area contributed by atoms with Crippen molar-refractivity contribution in [1.29, 1.82) is 0 Å². The quantitative estimate of drug-likeness (QED) is 0.606. The number of rotatable bonds is 8. The molecule has 1 aromatic carbocycles. The fourth-order valence-electron chi connectivity index (χ4n) is 4.31. The number of thioether (sulfide) groups is 1. The van der Waals surface area contributed by atoms with Gasteiger partial charge in [-0.05, 0) is 57.3 Å². The van der Waals surface area contributed by atoms with Crippen LogP contribution in [0.15, 0.2) is 29.6 Å². The summed E-state index contributed by atoms with van der Waals surface area (Å²) in [6.07, 6.45) is 5.69. The molecule has 1 unspecified atom stereocenters. The second kappa shape index (κ2) is 11.5. The number of aromatic nitrogens is 1. The largest absolute Gasteiger partial charge is 0.378 e. The topological polar surface area (TPSA) is 57.7 Å². The number of hydrogen-bond donors (Lipinski definition) is 1. The van der Waals surface area contributed by atoms with Crippen molar-refractivity contribution in [2.24, 2.45) is 0 Å². The fourth-order valence-corrected chi connectivity index (χ4v) is 5.62. The predicted octanol–water partition coefficient (Wildman–Crippen LogP) is 4.55. The molecule has 4 rings (SSSR count). The number of nitrogens with one attached hydrogen (secondary N) is 1. The lowest BCUT2D eigenvalue weighted by Crippen LogP contribution is -2.36. The van der Waals surface area contributed by atoms with Gasteiger partial charge in [-0.15, -0.1) is 11.3 Å². The van der Waals surface area contributed by atoms with E-state index in [9.17, 15) is 4.79 Å². The molecule has 0 saturated carbocycles. The van der Waals surface area contributed by atoms with Gasteiger partial charge >= 0.3 is 0 Å². The number of thiazole rings is 1. The van der Waals surface area contributed by atoms with Crippen LogP contribution in [0.1, 0.15) is 47.6 Å². The zero-order valence-corrected chi connectivity index (χ0v) is 20.7. The van der Waals surface area contributed by atoms with E-state index >= 15 is 0 Å². The molecule has 32 heavy (non-hydrogen) atoms. The molecule has 1 amide bonds. The number of nitrogens with zero attached hydrogens (tertiary/aromatic N) is 3. The molecule has 1 aromatic heterocycles. The lowest BCUT2D eigenvalue weighted by atomic mass is 9.97. The summed E-state index contributed by atoms with van der Waals surface area (Å²) in [5.41, 5.74) is 2.41. The molecule has 2 aliphatic rings. The van der Waals surface area contributed by atoms with Gasteiger partial charge in [-0.2, -0.15) is 11.8 Å². The van der Waals surface area contributed by atoms with Gasteiger partial charge in [0.05, 0.1) is 29.6 Å². The van der Waals surface area contributed by atoms with E-state index in [2.05, 4.69) is 34.4 Å². The van der Waals surface area contributed by atoms with Crippen LogP contribution in [-0.4, -0.2) is 73.2 Å². The van der Waals surface area contributed by atoms with E-state index in [1.165, 1.54) is 13.0 Å². The number of piperidine rings is 1. The molecule has 0 radical (unpaired) electrons. The Morgan fingerprint density at radius 1 is 1.25 bits per heavy atom. The summed E-state index contributed by atoms with van der Waals surface area (Å²) in [6, 6.07) is 7.99. The van der Waals surface area contributed by atoms with Gasteiger partial charge < -0.3 is 19.9 Å². The highest BCUT2D eigenvalue weighted by Crippen LogP contribution is 2.31. The number of para-hydroxylation sites is 2. The Morgan fingerprint density at radius 3 is 2.75 bits per heavy atom. The average molecular weight is 475 g/mol. The maximum atomic E-state index is 13.0. The Kier molecular flexibility index (Phi) is 8.46. The molecule has 1 atom stereocenters. The second-order valence-electron chi connectivity index (χ2n) is 8.59. The number of morpholine rings is 1. The Morgan fingerprint density at radius 2 is 2.00 bits per heavy atom. The highest BCUT2D eigenvalue weighted by Gasteiger charge is 2.24. The Labute approximate surface area is 199 Å². The van der Waals surface area contributed by atoms with Crippen LogP contribution in [0.2, 0.25) is 0 Å². The first kappa shape index (κ1) is 23.5. The zero-order valence-electron chi connectivity index (χ0n) is 19.1. The minimum absolute atomic E-state index is 0.128. The van der Waals surface area contributed by atoms with Crippen LogP contribution < -0.4 is 10.2 Å². The van der Waals surface area contributed by atoms with E-state index < -0.39 is 0 Å². The van der Waals surface area contributed by atoms with Gasteiger partial charge in [0.2, 0.25) is 0 Å². The molecule has 6 nitrogen and oxygen atoms in total. The highest BCUT2D eigenvalue weighted by molar-refractivity contribution is 7.99. The van der Waals surface area contributed by atoms with Crippen molar-refractivity contribution in [1.82, 2.24) is 9.88 Å². The summed E-state index contributed by atoms with van der Waals surface area (Å²) >= 11 is 3.57. The number of anilines is 2. The van der Waals surface area contributed by atoms with Gasteiger partial charge in [0, 0.05) is 29.6 Å². The van der Waals surface area contributed by atoms with Gasteiger partial charge in [0.25, 0.3) is 5.91 Å². The minimum Gasteiger partial charge on any atom is -0.378 e. The first-order chi connectivity index (χ1) is 15.6. The van der Waals surface area contributed by atoms with Crippen LogP contribution in [0, 0.1) is 0 Å². The lowest BCUT2D eigenvalue weighted by Gasteiger charge is -2.31. The number of ether oxygens (including phenoxy) is 1. The monoisotopic (exact) mass is 474 g/mol. The maximum Gasteiger partial charge on any atom is 0.275 e. The van der Waals surface area contributed by atoms with Crippen LogP contribution in [0.3, 0.4) is 0 Å². The number of carbonyl (C=O) groups excluding carboxylic acids is 1. The summed E-state index contributed by atoms with van der Waals surface area (Å²) in [5.74, 6) is 0.341. The number of amides is 1. The highest BCUT2D eigenvalue weighted by atomic mass is 32.2. The molecule has 1 N–H and O–H groups in total. The molecular weight excluding hydrogens is 440 g/mol. The van der Waals surface area contributed by atoms with Crippen molar-refractivity contribution >= 4 is 40.4 Å². The SMILES string of the molecule is CSC(C)CCN1CCC(c2nc(C(=O)Nc3ccccc3N3CCOCC3)cs2)CC1. The summed E-state index contributed by atoms with van der Waals surface area (Å²) in [4.78, 5) is 22.5. The van der Waals surface area contributed by atoms with E-state index in [-0.39, 0.29) is 5.91 Å². The molecule has 0 bridgehead atoms. The van der Waals surface area contributed by atoms with Crippen LogP contribution in [0.5, 0.6) is 0 Å². The van der Waals surface area contributed by atoms with Gasteiger partial charge in [-0.25, -0.2) is 4.98 Å². The standard InChI is InChI=1S/C24H34N4O2S2/c1-18(31-2)7-10-27-11-8-19(9-12-27)24-26-21(17-32-24)23(29)25-20-5-3-4-6-22(20)28-13-15-30-16-14-28/h3-6,17-19H,7-16H2,1-2H3,(H,25,29). The maximum absolute atomic E-state index is 13.0. The molecule has 0 aliphatic carbocycles. The Bertz CT molecular complexity index is 876. The van der Waals surface area contributed by atoms with Crippen molar-refractivity contribution in [2.45, 2.75) is 37.4 Å². The average Bonchev–Trinajstić information content (AvgIpc) is 3.34. The third-order valence-electron chi connectivity index (χ3n) is 6.45. The molecular formula is C24H34N4O2S2. The van der Waals surface area contributed by atoms with E-state index in [1.807, 2.05) is 35.3 Å². The third kappa shape index (κ3) is 6.04. The normalized spacial score (nSPS) is 19.1. The molecule has 0 spiro atoms. The number of likely N-dealkylation sites (tertiary alicyclic amines) is 1. The van der Waals surface area contributed by atoms with Gasteiger partial charge in [-0.1, -0.05) is 19.1 Å². The molecule has 2 saturated heterocycles. The van der Waals surface area contributed by atoms with E-state index in [0.29, 0.717) is 24.8 Å². The van der Waals surface area contributed by atoms with E-state index in [4.69, 9.17) is 9.72 Å². The molecule has 3 heterocycles. The van der Waals surface area contributed by atoms with Crippen molar-refractivity contribution in [2.75, 3.05) is 62.4 Å². The van der Waals surface area contributed by atoms with Crippen molar-refractivity contribution in [3.05, 3.63) is 40.3 Å². The van der Waals surface area contributed by atoms with Crippen LogP contribution in [-0.2, 0) is 4.74 Å². The van der Waals surface area contributed by atoms with Crippen molar-refractivity contribution in [3.63, 3.8) is 0 Å². The van der Waals surface area contributed by atoms with Gasteiger partial charge in [0.15, 0.2) is 0 Å². The number of benzene rings is 1. The summed E-state index contributed by atoms with van der Waals surface area (Å²) in [7, 11) is 0. The Hall–Kier alpha value is -1.61. The van der Waals surface area contributed by atoms with Crippen LogP contribution >= 0.6 is 23.1 Å². The molecule has 2 fully saturated rings. The summed E-state index contributed by atoms with van der Waals surface area (Å²) in [6.45, 7) is 8.84. The molecule has 2 aliphatic heterocycles. The first-order valence-electron chi connectivity index (χ1n) is 11.6. The molecule has 174 valence electrons. The molecule has 2 aromatic rings. The van der Waals surface area contributed by atoms with E-state index in [1.54, 1.807) is 11.3 Å². The van der Waals surface area contributed by atoms with E-state index in [0.717, 1.165) is 60.7 Å². The van der Waals surface area contributed by atoms with Crippen LogP contribution in [0.25, 0.3) is 0 Å². The zero-order chi connectivity index (χ0) is 22.3. The summed E-state index contributed by atoms with van der Waals surface area (Å²) in [5, 5.41) is 6.83. The third-order valence-corrected chi connectivity index (χ3v) is 8.50. The fraction of sp³-hybridized carbons (Fsp3) is 0.583. The van der Waals surface area contributed by atoms with Gasteiger partial charge in [-0.3, -0.25) is 4.79 Å². The second-order valence-corrected chi connectivity index (χ2v) is 10.8. The van der Waals surface area contributed by atoms with Crippen molar-refractivity contribution < 1.29 is 9.53 Å². The lowest BCUT2D eigenvalue weighted by molar-refractivity contribution is 0.102. The number of carbonyl (C=O) groups is 1. The smallest absolute Gasteiger partial charge is 0.275 e. The predicted molar refractivity (Wildman–Crippen MR) is 136 cm³/mol. The Balaban J connectivity index is 1.33. The molecule has 8 heteroatoms. The van der Waals surface area contributed by atoms with Crippen molar-refractivity contribution in [3.8, 4) is 0 Å². The minimum atomic E-state index is -0.128. The van der Waals surface area contributed by atoms with Gasteiger partial charge in [0.1, 0.15) is 5.69 Å².